The van der Waals surface area contributed by atoms with Gasteiger partial charge in [-0.3, -0.25) is 4.99 Å². The van der Waals surface area contributed by atoms with Gasteiger partial charge < -0.3 is 4.74 Å². The van der Waals surface area contributed by atoms with Gasteiger partial charge in [-0.2, -0.15) is 0 Å². The van der Waals surface area contributed by atoms with Gasteiger partial charge in [-0.1, -0.05) is 37.3 Å². The first-order valence-electron chi connectivity index (χ1n) is 5.47. The van der Waals surface area contributed by atoms with E-state index in [0.29, 0.717) is 6.42 Å². The summed E-state index contributed by atoms with van der Waals surface area (Å²) >= 11 is 0. The molecule has 0 saturated carbocycles. The maximum absolute atomic E-state index is 11.6. The summed E-state index contributed by atoms with van der Waals surface area (Å²) in [5.41, 5.74) is 1.16. The van der Waals surface area contributed by atoms with E-state index in [1.54, 1.807) is 0 Å². The molecule has 16 heavy (non-hydrogen) atoms. The SMILES string of the molecule is CCC1(C)N=C(c2ccccc2)COC1=O. The normalized spacial score (nSPS) is 24.9. The number of hydrogen-bond donors (Lipinski definition) is 0. The Morgan fingerprint density at radius 3 is 2.69 bits per heavy atom. The Kier molecular flexibility index (Phi) is 2.77. The molecule has 0 amide bonds. The molecule has 0 aliphatic carbocycles. The standard InChI is InChI=1S/C13H15NO2/c1-3-13(2)12(15)16-9-11(14-13)10-7-5-4-6-8-10/h4-8H,3,9H2,1-2H3. The second kappa shape index (κ2) is 4.08. The van der Waals surface area contributed by atoms with Gasteiger partial charge in [0.2, 0.25) is 0 Å². The Hall–Kier alpha value is -1.64. The van der Waals surface area contributed by atoms with Gasteiger partial charge in [0.25, 0.3) is 0 Å². The lowest BCUT2D eigenvalue weighted by atomic mass is 9.97. The van der Waals surface area contributed by atoms with Crippen LogP contribution in [0.2, 0.25) is 0 Å². The molecular weight excluding hydrogens is 202 g/mol. The number of hydrogen-bond acceptors (Lipinski definition) is 3. The topological polar surface area (TPSA) is 38.7 Å². The number of cyclic esters (lactones) is 1. The average molecular weight is 217 g/mol. The molecule has 0 saturated heterocycles. The van der Waals surface area contributed by atoms with Gasteiger partial charge in [0.05, 0.1) is 5.71 Å². The predicted molar refractivity (Wildman–Crippen MR) is 62.6 cm³/mol. The first-order chi connectivity index (χ1) is 7.65. The van der Waals surface area contributed by atoms with Crippen molar-refractivity contribution in [3.05, 3.63) is 35.9 Å². The second-order valence-corrected chi connectivity index (χ2v) is 4.13. The lowest BCUT2D eigenvalue weighted by Gasteiger charge is -2.27. The molecule has 1 unspecified atom stereocenters. The van der Waals surface area contributed by atoms with E-state index in [9.17, 15) is 4.79 Å². The van der Waals surface area contributed by atoms with Crippen LogP contribution in [0.25, 0.3) is 0 Å². The molecule has 1 heterocycles. The van der Waals surface area contributed by atoms with E-state index < -0.39 is 5.54 Å². The minimum atomic E-state index is -0.719. The number of carbonyl (C=O) groups excluding carboxylic acids is 1. The van der Waals surface area contributed by atoms with Gasteiger partial charge in [-0.05, 0) is 18.9 Å². The Labute approximate surface area is 95.2 Å². The van der Waals surface area contributed by atoms with Crippen LogP contribution in [0.15, 0.2) is 35.3 Å². The van der Waals surface area contributed by atoms with Gasteiger partial charge in [0.15, 0.2) is 5.54 Å². The molecule has 1 aromatic rings. The summed E-state index contributed by atoms with van der Waals surface area (Å²) in [6.07, 6.45) is 0.655. The number of nitrogens with zero attached hydrogens (tertiary/aromatic N) is 1. The van der Waals surface area contributed by atoms with Crippen molar-refractivity contribution in [1.29, 1.82) is 0 Å². The van der Waals surface area contributed by atoms with Crippen molar-refractivity contribution in [2.75, 3.05) is 6.61 Å². The van der Waals surface area contributed by atoms with Crippen LogP contribution in [-0.2, 0) is 9.53 Å². The molecular formula is C13H15NO2. The van der Waals surface area contributed by atoms with Crippen LogP contribution >= 0.6 is 0 Å². The monoisotopic (exact) mass is 217 g/mol. The van der Waals surface area contributed by atoms with E-state index in [-0.39, 0.29) is 12.6 Å². The third-order valence-electron chi connectivity index (χ3n) is 2.96. The fourth-order valence-corrected chi connectivity index (χ4v) is 1.67. The third-order valence-corrected chi connectivity index (χ3v) is 2.96. The fraction of sp³-hybridized carbons (Fsp3) is 0.385. The highest BCUT2D eigenvalue weighted by molar-refractivity contribution is 6.05. The van der Waals surface area contributed by atoms with E-state index in [0.717, 1.165) is 11.3 Å². The van der Waals surface area contributed by atoms with Crippen LogP contribution in [0.1, 0.15) is 25.8 Å². The van der Waals surface area contributed by atoms with Crippen molar-refractivity contribution in [3.8, 4) is 0 Å². The summed E-state index contributed by atoms with van der Waals surface area (Å²) in [5.74, 6) is -0.227. The Bertz CT molecular complexity index is 425. The highest BCUT2D eigenvalue weighted by atomic mass is 16.5. The molecule has 2 rings (SSSR count). The Balaban J connectivity index is 2.37. The quantitative estimate of drug-likeness (QED) is 0.712. The van der Waals surface area contributed by atoms with Gasteiger partial charge in [0.1, 0.15) is 6.61 Å². The zero-order valence-corrected chi connectivity index (χ0v) is 9.56. The van der Waals surface area contributed by atoms with Gasteiger partial charge in [-0.25, -0.2) is 4.79 Å². The number of carbonyl (C=O) groups is 1. The van der Waals surface area contributed by atoms with Crippen LogP contribution < -0.4 is 0 Å². The van der Waals surface area contributed by atoms with E-state index in [1.807, 2.05) is 44.2 Å². The summed E-state index contributed by atoms with van der Waals surface area (Å²) in [6.45, 7) is 4.04. The minimum Gasteiger partial charge on any atom is -0.457 e. The highest BCUT2D eigenvalue weighted by Crippen LogP contribution is 2.23. The first-order valence-corrected chi connectivity index (χ1v) is 5.47. The van der Waals surface area contributed by atoms with Crippen LogP contribution in [0.4, 0.5) is 0 Å². The van der Waals surface area contributed by atoms with E-state index in [2.05, 4.69) is 4.99 Å². The minimum absolute atomic E-state index is 0.227. The summed E-state index contributed by atoms with van der Waals surface area (Å²) < 4.78 is 5.18. The van der Waals surface area contributed by atoms with Crippen LogP contribution in [0, 0.1) is 0 Å². The molecule has 0 fully saturated rings. The smallest absolute Gasteiger partial charge is 0.334 e. The Morgan fingerprint density at radius 2 is 2.06 bits per heavy atom. The zero-order valence-electron chi connectivity index (χ0n) is 9.56. The summed E-state index contributed by atoms with van der Waals surface area (Å²) in [5, 5.41) is 0. The Morgan fingerprint density at radius 1 is 1.38 bits per heavy atom. The first kappa shape index (κ1) is 10.9. The van der Waals surface area contributed by atoms with Crippen LogP contribution in [0.3, 0.4) is 0 Å². The molecule has 3 nitrogen and oxygen atoms in total. The van der Waals surface area contributed by atoms with Crippen LogP contribution in [0.5, 0.6) is 0 Å². The zero-order chi connectivity index (χ0) is 11.6. The van der Waals surface area contributed by atoms with E-state index in [1.165, 1.54) is 0 Å². The molecule has 1 aromatic carbocycles. The van der Waals surface area contributed by atoms with Crippen LogP contribution in [-0.4, -0.2) is 23.8 Å². The average Bonchev–Trinajstić information content (AvgIpc) is 2.34. The molecule has 1 aliphatic rings. The van der Waals surface area contributed by atoms with Crippen molar-refractivity contribution >= 4 is 11.7 Å². The lowest BCUT2D eigenvalue weighted by molar-refractivity contribution is -0.148. The molecule has 0 bridgehead atoms. The number of esters is 1. The highest BCUT2D eigenvalue weighted by Gasteiger charge is 2.36. The second-order valence-electron chi connectivity index (χ2n) is 4.13. The molecule has 0 radical (unpaired) electrons. The van der Waals surface area contributed by atoms with E-state index >= 15 is 0 Å². The molecule has 1 atom stereocenters. The largest absolute Gasteiger partial charge is 0.457 e. The summed E-state index contributed by atoms with van der Waals surface area (Å²) in [7, 11) is 0. The molecule has 0 spiro atoms. The number of rotatable bonds is 2. The molecule has 84 valence electrons. The third kappa shape index (κ3) is 1.85. The van der Waals surface area contributed by atoms with E-state index in [4.69, 9.17) is 4.74 Å². The number of benzene rings is 1. The number of ether oxygens (including phenoxy) is 1. The maximum atomic E-state index is 11.6. The van der Waals surface area contributed by atoms with Crippen molar-refractivity contribution in [2.45, 2.75) is 25.8 Å². The summed E-state index contributed by atoms with van der Waals surface area (Å²) in [4.78, 5) is 16.1. The molecule has 0 N–H and O–H groups in total. The van der Waals surface area contributed by atoms with Gasteiger partial charge in [-0.15, -0.1) is 0 Å². The lowest BCUT2D eigenvalue weighted by Crippen LogP contribution is -2.41. The van der Waals surface area contributed by atoms with Gasteiger partial charge in [0, 0.05) is 0 Å². The summed E-state index contributed by atoms with van der Waals surface area (Å²) in [6, 6.07) is 9.83. The molecule has 0 aromatic heterocycles. The van der Waals surface area contributed by atoms with Crippen molar-refractivity contribution in [2.24, 2.45) is 4.99 Å². The number of aliphatic imine (C=N–C) groups is 1. The van der Waals surface area contributed by atoms with Gasteiger partial charge >= 0.3 is 5.97 Å². The van der Waals surface area contributed by atoms with Crippen molar-refractivity contribution < 1.29 is 9.53 Å². The molecule has 3 heteroatoms. The fourth-order valence-electron chi connectivity index (χ4n) is 1.67. The predicted octanol–water partition coefficient (Wildman–Crippen LogP) is 2.20. The molecule has 1 aliphatic heterocycles. The van der Waals surface area contributed by atoms with Crippen molar-refractivity contribution in [3.63, 3.8) is 0 Å². The van der Waals surface area contributed by atoms with Crippen molar-refractivity contribution in [1.82, 2.24) is 0 Å². The maximum Gasteiger partial charge on any atom is 0.334 e.